The molecule has 1 heterocycles. The maximum atomic E-state index is 11.4. The maximum absolute atomic E-state index is 11.4. The van der Waals surface area contributed by atoms with Gasteiger partial charge in [0.1, 0.15) is 5.82 Å². The normalized spacial score (nSPS) is 10.1. The standard InChI is InChI=1S/C15H17BrN4O3/c1-17-15(21)11-4-5-14(20-19-11)18-8-9-6-12(22-2)13(23-3)7-10(9)16/h4-7H,8H2,1-3H3,(H,17,21)(H,18,20). The van der Waals surface area contributed by atoms with Gasteiger partial charge in [-0.2, -0.15) is 0 Å². The van der Waals surface area contributed by atoms with Crippen molar-refractivity contribution in [2.45, 2.75) is 6.54 Å². The van der Waals surface area contributed by atoms with Crippen LogP contribution in [0.2, 0.25) is 0 Å². The molecule has 1 aromatic carbocycles. The molecule has 0 unspecified atom stereocenters. The number of anilines is 1. The van der Waals surface area contributed by atoms with Crippen molar-refractivity contribution in [3.63, 3.8) is 0 Å². The van der Waals surface area contributed by atoms with Crippen molar-refractivity contribution in [3.05, 3.63) is 40.0 Å². The van der Waals surface area contributed by atoms with E-state index in [1.165, 1.54) is 0 Å². The molecule has 0 aliphatic carbocycles. The summed E-state index contributed by atoms with van der Waals surface area (Å²) >= 11 is 3.50. The third kappa shape index (κ3) is 4.10. The van der Waals surface area contributed by atoms with E-state index in [9.17, 15) is 4.79 Å². The summed E-state index contributed by atoms with van der Waals surface area (Å²) in [6, 6.07) is 7.03. The van der Waals surface area contributed by atoms with Gasteiger partial charge in [0.2, 0.25) is 0 Å². The van der Waals surface area contributed by atoms with E-state index in [0.717, 1.165) is 10.0 Å². The highest BCUT2D eigenvalue weighted by atomic mass is 79.9. The summed E-state index contributed by atoms with van der Waals surface area (Å²) in [5, 5.41) is 13.5. The van der Waals surface area contributed by atoms with Gasteiger partial charge in [0.15, 0.2) is 17.2 Å². The molecule has 122 valence electrons. The molecule has 2 N–H and O–H groups in total. The molecule has 2 aromatic rings. The SMILES string of the molecule is CNC(=O)c1ccc(NCc2cc(OC)c(OC)cc2Br)nn1. The number of benzene rings is 1. The lowest BCUT2D eigenvalue weighted by Crippen LogP contribution is -2.19. The second-order valence-electron chi connectivity index (χ2n) is 4.54. The Balaban J connectivity index is 2.10. The molecule has 1 amide bonds. The van der Waals surface area contributed by atoms with Crippen LogP contribution in [-0.2, 0) is 6.54 Å². The molecule has 0 aliphatic rings. The molecular weight excluding hydrogens is 364 g/mol. The Morgan fingerprint density at radius 2 is 1.87 bits per heavy atom. The lowest BCUT2D eigenvalue weighted by Gasteiger charge is -2.12. The summed E-state index contributed by atoms with van der Waals surface area (Å²) in [5.41, 5.74) is 1.24. The van der Waals surface area contributed by atoms with Crippen LogP contribution in [0.4, 0.5) is 5.82 Å². The number of hydrogen-bond donors (Lipinski definition) is 2. The van der Waals surface area contributed by atoms with Gasteiger partial charge in [-0.3, -0.25) is 4.79 Å². The van der Waals surface area contributed by atoms with Crippen LogP contribution < -0.4 is 20.1 Å². The lowest BCUT2D eigenvalue weighted by molar-refractivity contribution is 0.0957. The zero-order valence-corrected chi connectivity index (χ0v) is 14.6. The van der Waals surface area contributed by atoms with E-state index in [-0.39, 0.29) is 11.6 Å². The number of carbonyl (C=O) groups is 1. The topological polar surface area (TPSA) is 85.4 Å². The van der Waals surface area contributed by atoms with E-state index in [0.29, 0.717) is 23.9 Å². The van der Waals surface area contributed by atoms with Gasteiger partial charge in [-0.25, -0.2) is 0 Å². The maximum Gasteiger partial charge on any atom is 0.271 e. The minimum absolute atomic E-state index is 0.269. The van der Waals surface area contributed by atoms with Crippen LogP contribution in [0.3, 0.4) is 0 Å². The van der Waals surface area contributed by atoms with Crippen LogP contribution in [0.25, 0.3) is 0 Å². The number of ether oxygens (including phenoxy) is 2. The van der Waals surface area contributed by atoms with E-state index >= 15 is 0 Å². The van der Waals surface area contributed by atoms with E-state index < -0.39 is 0 Å². The van der Waals surface area contributed by atoms with Gasteiger partial charge < -0.3 is 20.1 Å². The number of methoxy groups -OCH3 is 2. The van der Waals surface area contributed by atoms with Gasteiger partial charge in [-0.1, -0.05) is 15.9 Å². The highest BCUT2D eigenvalue weighted by molar-refractivity contribution is 9.10. The Labute approximate surface area is 142 Å². The van der Waals surface area contributed by atoms with Crippen LogP contribution >= 0.6 is 15.9 Å². The molecule has 0 radical (unpaired) electrons. The van der Waals surface area contributed by atoms with Gasteiger partial charge in [0, 0.05) is 18.1 Å². The molecule has 1 aromatic heterocycles. The molecule has 0 saturated heterocycles. The second-order valence-corrected chi connectivity index (χ2v) is 5.39. The first-order valence-electron chi connectivity index (χ1n) is 6.79. The molecule has 0 saturated carbocycles. The molecule has 0 bridgehead atoms. The largest absolute Gasteiger partial charge is 0.493 e. The minimum atomic E-state index is -0.272. The highest BCUT2D eigenvalue weighted by Gasteiger charge is 2.10. The number of nitrogens with one attached hydrogen (secondary N) is 2. The second kappa shape index (κ2) is 7.77. The average Bonchev–Trinajstić information content (AvgIpc) is 2.60. The summed E-state index contributed by atoms with van der Waals surface area (Å²) in [6.45, 7) is 0.509. The van der Waals surface area contributed by atoms with Crippen LogP contribution in [-0.4, -0.2) is 37.4 Å². The Hall–Kier alpha value is -2.35. The van der Waals surface area contributed by atoms with Crippen molar-refractivity contribution in [1.82, 2.24) is 15.5 Å². The fraction of sp³-hybridized carbons (Fsp3) is 0.267. The average molecular weight is 381 g/mol. The molecule has 0 fully saturated rings. The van der Waals surface area contributed by atoms with Crippen molar-refractivity contribution in [1.29, 1.82) is 0 Å². The van der Waals surface area contributed by atoms with Gasteiger partial charge in [-0.05, 0) is 29.8 Å². The Kier molecular flexibility index (Phi) is 5.75. The number of nitrogens with zero attached hydrogens (tertiary/aromatic N) is 2. The fourth-order valence-electron chi connectivity index (χ4n) is 1.89. The first kappa shape index (κ1) is 17.0. The lowest BCUT2D eigenvalue weighted by atomic mass is 10.2. The molecule has 0 atom stereocenters. The molecular formula is C15H17BrN4O3. The summed E-state index contributed by atoms with van der Waals surface area (Å²) in [5.74, 6) is 1.59. The zero-order chi connectivity index (χ0) is 16.8. The van der Waals surface area contributed by atoms with Crippen molar-refractivity contribution in [2.24, 2.45) is 0 Å². The van der Waals surface area contributed by atoms with Gasteiger partial charge in [0.25, 0.3) is 5.91 Å². The molecule has 0 spiro atoms. The molecule has 2 rings (SSSR count). The van der Waals surface area contributed by atoms with Gasteiger partial charge in [0.05, 0.1) is 14.2 Å². The molecule has 23 heavy (non-hydrogen) atoms. The number of halogens is 1. The van der Waals surface area contributed by atoms with Crippen LogP contribution in [0.5, 0.6) is 11.5 Å². The van der Waals surface area contributed by atoms with E-state index in [2.05, 4.69) is 36.8 Å². The number of hydrogen-bond acceptors (Lipinski definition) is 6. The predicted molar refractivity (Wildman–Crippen MR) is 90.0 cm³/mol. The van der Waals surface area contributed by atoms with Crippen molar-refractivity contribution < 1.29 is 14.3 Å². The summed E-state index contributed by atoms with van der Waals surface area (Å²) < 4.78 is 11.4. The summed E-state index contributed by atoms with van der Waals surface area (Å²) in [4.78, 5) is 11.4. The Morgan fingerprint density at radius 1 is 1.17 bits per heavy atom. The molecule has 8 heteroatoms. The van der Waals surface area contributed by atoms with E-state index in [1.54, 1.807) is 33.4 Å². The fourth-order valence-corrected chi connectivity index (χ4v) is 2.36. The Bertz CT molecular complexity index is 692. The number of rotatable bonds is 6. The van der Waals surface area contributed by atoms with E-state index in [4.69, 9.17) is 9.47 Å². The van der Waals surface area contributed by atoms with Crippen molar-refractivity contribution in [3.8, 4) is 11.5 Å². The van der Waals surface area contributed by atoms with Gasteiger partial charge >= 0.3 is 0 Å². The smallest absolute Gasteiger partial charge is 0.271 e. The van der Waals surface area contributed by atoms with Crippen LogP contribution in [0.15, 0.2) is 28.7 Å². The van der Waals surface area contributed by atoms with Crippen molar-refractivity contribution in [2.75, 3.05) is 26.6 Å². The quantitative estimate of drug-likeness (QED) is 0.798. The predicted octanol–water partition coefficient (Wildman–Crippen LogP) is 2.23. The van der Waals surface area contributed by atoms with Crippen molar-refractivity contribution >= 4 is 27.7 Å². The molecule has 0 aliphatic heterocycles. The third-order valence-corrected chi connectivity index (χ3v) is 3.87. The van der Waals surface area contributed by atoms with Gasteiger partial charge in [-0.15, -0.1) is 10.2 Å². The minimum Gasteiger partial charge on any atom is -0.493 e. The summed E-state index contributed by atoms with van der Waals surface area (Å²) in [7, 11) is 4.72. The van der Waals surface area contributed by atoms with E-state index in [1.807, 2.05) is 12.1 Å². The zero-order valence-electron chi connectivity index (χ0n) is 13.0. The number of aromatic nitrogens is 2. The number of amides is 1. The van der Waals surface area contributed by atoms with Crippen LogP contribution in [0, 0.1) is 0 Å². The summed E-state index contributed by atoms with van der Waals surface area (Å²) in [6.07, 6.45) is 0. The van der Waals surface area contributed by atoms with Crippen LogP contribution in [0.1, 0.15) is 16.1 Å². The highest BCUT2D eigenvalue weighted by Crippen LogP contribution is 2.33. The monoisotopic (exact) mass is 380 g/mol. The third-order valence-electron chi connectivity index (χ3n) is 3.14. The number of carbonyl (C=O) groups excluding carboxylic acids is 1. The first-order valence-corrected chi connectivity index (χ1v) is 7.58. The first-order chi connectivity index (χ1) is 11.1. The Morgan fingerprint density at radius 3 is 2.43 bits per heavy atom. The molecule has 7 nitrogen and oxygen atoms in total.